The molecule has 0 N–H and O–H groups in total. The summed E-state index contributed by atoms with van der Waals surface area (Å²) in [5, 5.41) is -0.0174. The normalized spacial score (nSPS) is 12.3. The molecule has 0 fully saturated rings. The first-order valence-corrected chi connectivity index (χ1v) is 10.4. The Morgan fingerprint density at radius 3 is 1.57 bits per heavy atom. The molecule has 1 atom stereocenters. The van der Waals surface area contributed by atoms with Gasteiger partial charge in [-0.2, -0.15) is 0 Å². The fraction of sp³-hybridized carbons (Fsp3) is 0.950. The van der Waals surface area contributed by atoms with E-state index in [1.807, 2.05) is 0 Å². The third-order valence-corrected chi connectivity index (χ3v) is 4.68. The van der Waals surface area contributed by atoms with Gasteiger partial charge < -0.3 is 4.74 Å². The minimum atomic E-state index is -0.239. The molecular weight excluding hydrogens is 308 g/mol. The number of hydrogen-bond acceptors (Lipinski definition) is 2. The van der Waals surface area contributed by atoms with Crippen LogP contribution in [0.1, 0.15) is 110 Å². The highest BCUT2D eigenvalue weighted by Crippen LogP contribution is 2.14. The van der Waals surface area contributed by atoms with E-state index in [2.05, 4.69) is 6.92 Å². The number of hydrogen-bond donors (Lipinski definition) is 0. The lowest BCUT2D eigenvalue weighted by Crippen LogP contribution is -2.11. The number of alkyl halides is 1. The highest BCUT2D eigenvalue weighted by molar-refractivity contribution is 6.20. The van der Waals surface area contributed by atoms with Crippen LogP contribution < -0.4 is 0 Å². The molecule has 0 spiro atoms. The minimum absolute atomic E-state index is 0.0174. The fourth-order valence-corrected chi connectivity index (χ4v) is 3.07. The molecule has 0 radical (unpaired) electrons. The van der Waals surface area contributed by atoms with Gasteiger partial charge in [0.25, 0.3) is 0 Å². The zero-order valence-corrected chi connectivity index (χ0v) is 16.3. The molecule has 1 unspecified atom stereocenters. The summed E-state index contributed by atoms with van der Waals surface area (Å²) in [4.78, 5) is 10.7. The zero-order valence-electron chi connectivity index (χ0n) is 15.6. The highest BCUT2D eigenvalue weighted by Gasteiger charge is 2.06. The molecule has 0 aromatic carbocycles. The Bertz CT molecular complexity index is 256. The molecule has 0 heterocycles. The molecular formula is C20H39ClO2. The van der Waals surface area contributed by atoms with Gasteiger partial charge in [-0.05, 0) is 6.42 Å². The minimum Gasteiger partial charge on any atom is -0.464 e. The molecule has 0 saturated carbocycles. The van der Waals surface area contributed by atoms with E-state index in [4.69, 9.17) is 16.3 Å². The maximum atomic E-state index is 10.7. The molecule has 0 aliphatic heterocycles. The van der Waals surface area contributed by atoms with Crippen molar-refractivity contribution in [3.8, 4) is 0 Å². The zero-order chi connectivity index (χ0) is 17.2. The van der Waals surface area contributed by atoms with Crippen molar-refractivity contribution >= 4 is 17.6 Å². The Balaban J connectivity index is 3.09. The Hall–Kier alpha value is -0.240. The summed E-state index contributed by atoms with van der Waals surface area (Å²) in [7, 11) is 0. The van der Waals surface area contributed by atoms with Crippen LogP contribution in [0.25, 0.3) is 0 Å². The molecule has 0 aromatic rings. The maximum Gasteiger partial charge on any atom is 0.302 e. The molecule has 23 heavy (non-hydrogen) atoms. The number of carbonyl (C=O) groups excluding carboxylic acids is 1. The van der Waals surface area contributed by atoms with E-state index in [9.17, 15) is 4.79 Å². The Morgan fingerprint density at radius 1 is 0.783 bits per heavy atom. The summed E-state index contributed by atoms with van der Waals surface area (Å²) in [6.07, 6.45) is 20.1. The smallest absolute Gasteiger partial charge is 0.302 e. The lowest BCUT2D eigenvalue weighted by Gasteiger charge is -2.09. The van der Waals surface area contributed by atoms with Crippen LogP contribution in [-0.2, 0) is 9.53 Å². The van der Waals surface area contributed by atoms with Crippen molar-refractivity contribution in [3.05, 3.63) is 0 Å². The van der Waals surface area contributed by atoms with E-state index >= 15 is 0 Å². The van der Waals surface area contributed by atoms with Crippen molar-refractivity contribution in [2.24, 2.45) is 0 Å². The van der Waals surface area contributed by atoms with E-state index in [1.54, 1.807) is 0 Å². The van der Waals surface area contributed by atoms with E-state index in [1.165, 1.54) is 90.4 Å². The number of halogens is 1. The molecule has 0 aliphatic carbocycles. The standard InChI is InChI=1S/C20H39ClO2/c1-3-4-5-6-7-8-9-10-11-12-13-14-15-16-17-20(21)18-23-19(2)22/h20H,3-18H2,1-2H3. The lowest BCUT2D eigenvalue weighted by atomic mass is 10.0. The second-order valence-electron chi connectivity index (χ2n) is 6.78. The summed E-state index contributed by atoms with van der Waals surface area (Å²) in [5.41, 5.74) is 0. The van der Waals surface area contributed by atoms with Gasteiger partial charge in [-0.25, -0.2) is 0 Å². The summed E-state index contributed by atoms with van der Waals surface area (Å²) in [6, 6.07) is 0. The Kier molecular flexibility index (Phi) is 17.9. The van der Waals surface area contributed by atoms with Gasteiger partial charge in [0.05, 0.1) is 5.38 Å². The van der Waals surface area contributed by atoms with E-state index < -0.39 is 0 Å². The average molecular weight is 347 g/mol. The van der Waals surface area contributed by atoms with Crippen molar-refractivity contribution in [1.29, 1.82) is 0 Å². The van der Waals surface area contributed by atoms with Crippen LogP contribution in [0.4, 0.5) is 0 Å². The van der Waals surface area contributed by atoms with E-state index in [0.29, 0.717) is 6.61 Å². The van der Waals surface area contributed by atoms with Crippen molar-refractivity contribution in [3.63, 3.8) is 0 Å². The van der Waals surface area contributed by atoms with Gasteiger partial charge in [0.1, 0.15) is 6.61 Å². The van der Waals surface area contributed by atoms with Crippen molar-refractivity contribution < 1.29 is 9.53 Å². The second-order valence-corrected chi connectivity index (χ2v) is 7.40. The molecule has 138 valence electrons. The van der Waals surface area contributed by atoms with Crippen LogP contribution in [-0.4, -0.2) is 18.0 Å². The molecule has 3 heteroatoms. The van der Waals surface area contributed by atoms with Gasteiger partial charge in [-0.1, -0.05) is 96.8 Å². The van der Waals surface area contributed by atoms with Gasteiger partial charge in [0, 0.05) is 6.92 Å². The van der Waals surface area contributed by atoms with Gasteiger partial charge in [-0.15, -0.1) is 11.6 Å². The maximum absolute atomic E-state index is 10.7. The molecule has 0 aromatic heterocycles. The topological polar surface area (TPSA) is 26.3 Å². The SMILES string of the molecule is CCCCCCCCCCCCCCCCC(Cl)COC(C)=O. The lowest BCUT2D eigenvalue weighted by molar-refractivity contribution is -0.140. The average Bonchev–Trinajstić information content (AvgIpc) is 2.53. The van der Waals surface area contributed by atoms with Gasteiger partial charge in [0.15, 0.2) is 0 Å². The fourth-order valence-electron chi connectivity index (χ4n) is 2.85. The molecule has 0 aliphatic rings. The monoisotopic (exact) mass is 346 g/mol. The first-order chi connectivity index (χ1) is 11.2. The van der Waals surface area contributed by atoms with E-state index in [0.717, 1.165) is 12.8 Å². The number of carbonyl (C=O) groups is 1. The third-order valence-electron chi connectivity index (χ3n) is 4.34. The predicted molar refractivity (Wildman–Crippen MR) is 101 cm³/mol. The number of rotatable bonds is 17. The van der Waals surface area contributed by atoms with Gasteiger partial charge in [-0.3, -0.25) is 4.79 Å². The van der Waals surface area contributed by atoms with Crippen LogP contribution in [0, 0.1) is 0 Å². The second kappa shape index (κ2) is 18.1. The number of esters is 1. The molecule has 0 amide bonds. The van der Waals surface area contributed by atoms with Crippen LogP contribution in [0.5, 0.6) is 0 Å². The van der Waals surface area contributed by atoms with E-state index in [-0.39, 0.29) is 11.3 Å². The third kappa shape index (κ3) is 19.7. The number of ether oxygens (including phenoxy) is 1. The number of unbranched alkanes of at least 4 members (excludes halogenated alkanes) is 13. The highest BCUT2D eigenvalue weighted by atomic mass is 35.5. The van der Waals surface area contributed by atoms with Crippen LogP contribution >= 0.6 is 11.6 Å². The molecule has 0 rings (SSSR count). The summed E-state index contributed by atoms with van der Waals surface area (Å²) < 4.78 is 4.90. The van der Waals surface area contributed by atoms with Crippen molar-refractivity contribution in [2.75, 3.05) is 6.61 Å². The van der Waals surface area contributed by atoms with Crippen LogP contribution in [0.2, 0.25) is 0 Å². The Labute approximate surface area is 149 Å². The van der Waals surface area contributed by atoms with Gasteiger partial charge in [0.2, 0.25) is 0 Å². The summed E-state index contributed by atoms with van der Waals surface area (Å²) >= 11 is 6.10. The van der Waals surface area contributed by atoms with Crippen molar-refractivity contribution in [1.82, 2.24) is 0 Å². The predicted octanol–water partition coefficient (Wildman–Crippen LogP) is 7.03. The molecule has 2 nitrogen and oxygen atoms in total. The Morgan fingerprint density at radius 2 is 1.17 bits per heavy atom. The molecule has 0 bridgehead atoms. The first-order valence-electron chi connectivity index (χ1n) is 9.94. The van der Waals surface area contributed by atoms with Crippen LogP contribution in [0.3, 0.4) is 0 Å². The molecule has 0 saturated heterocycles. The first kappa shape index (κ1) is 22.8. The van der Waals surface area contributed by atoms with Crippen molar-refractivity contribution in [2.45, 2.75) is 116 Å². The largest absolute Gasteiger partial charge is 0.464 e. The van der Waals surface area contributed by atoms with Crippen LogP contribution in [0.15, 0.2) is 0 Å². The quantitative estimate of drug-likeness (QED) is 0.160. The van der Waals surface area contributed by atoms with Gasteiger partial charge >= 0.3 is 5.97 Å². The summed E-state index contributed by atoms with van der Waals surface area (Å²) in [6.45, 7) is 4.06. The summed E-state index contributed by atoms with van der Waals surface area (Å²) in [5.74, 6) is -0.239.